The number of aromatic nitrogens is 2. The van der Waals surface area contributed by atoms with Crippen LogP contribution >= 0.6 is 11.6 Å². The van der Waals surface area contributed by atoms with Gasteiger partial charge in [-0.25, -0.2) is 13.1 Å². The molecule has 8 heteroatoms. The van der Waals surface area contributed by atoms with Crippen LogP contribution in [0.4, 0.5) is 0 Å². The van der Waals surface area contributed by atoms with Gasteiger partial charge in [-0.05, 0) is 36.4 Å². The van der Waals surface area contributed by atoms with Crippen LogP contribution in [-0.4, -0.2) is 30.4 Å². The van der Waals surface area contributed by atoms with E-state index >= 15 is 0 Å². The van der Waals surface area contributed by atoms with Gasteiger partial charge in [0, 0.05) is 0 Å². The highest BCUT2D eigenvalue weighted by Crippen LogP contribution is 2.35. The van der Waals surface area contributed by atoms with Crippen molar-refractivity contribution in [3.63, 3.8) is 0 Å². The molecule has 124 valence electrons. The number of hydrogen-bond donors (Lipinski definition) is 1. The summed E-state index contributed by atoms with van der Waals surface area (Å²) in [6.45, 7) is 0. The lowest BCUT2D eigenvalue weighted by molar-refractivity contribution is 0.414. The Labute approximate surface area is 143 Å². The van der Waals surface area contributed by atoms with Crippen molar-refractivity contribution in [2.24, 2.45) is 0 Å². The van der Waals surface area contributed by atoms with E-state index in [4.69, 9.17) is 16.3 Å². The first-order chi connectivity index (χ1) is 11.4. The quantitative estimate of drug-likeness (QED) is 0.769. The third-order valence-electron chi connectivity index (χ3n) is 3.40. The molecule has 6 nitrogen and oxygen atoms in total. The second kappa shape index (κ2) is 6.18. The normalized spacial score (nSPS) is 11.4. The number of methoxy groups -OCH3 is 1. The lowest BCUT2D eigenvalue weighted by Crippen LogP contribution is -2.04. The maximum atomic E-state index is 12.6. The molecule has 0 saturated heterocycles. The number of nitrogens with zero attached hydrogens (tertiary/aromatic N) is 2. The average Bonchev–Trinajstić information content (AvgIpc) is 2.92. The molecule has 0 atom stereocenters. The zero-order valence-electron chi connectivity index (χ0n) is 12.5. The number of rotatable bonds is 4. The highest BCUT2D eigenvalue weighted by Gasteiger charge is 2.29. The number of aromatic hydroxyl groups is 1. The molecule has 3 aromatic rings. The first-order valence-electron chi connectivity index (χ1n) is 6.87. The largest absolute Gasteiger partial charge is 0.503 e. The van der Waals surface area contributed by atoms with Crippen LogP contribution in [0.1, 0.15) is 0 Å². The van der Waals surface area contributed by atoms with Crippen molar-refractivity contribution in [1.82, 2.24) is 9.78 Å². The van der Waals surface area contributed by atoms with Crippen molar-refractivity contribution in [2.75, 3.05) is 7.11 Å². The molecule has 1 aromatic heterocycles. The molecule has 0 aliphatic rings. The van der Waals surface area contributed by atoms with Crippen molar-refractivity contribution in [2.45, 2.75) is 9.92 Å². The zero-order valence-corrected chi connectivity index (χ0v) is 14.1. The Morgan fingerprint density at radius 2 is 1.71 bits per heavy atom. The van der Waals surface area contributed by atoms with E-state index in [2.05, 4.69) is 5.10 Å². The standard InChI is InChI=1S/C16H13ClN2O4S/c1-23-12-9-7-11(8-10-12)19-15(17)14(20)16(18-19)24(21,22)13-5-3-2-4-6-13/h2-10,20H,1H3. The van der Waals surface area contributed by atoms with Crippen LogP contribution in [0, 0.1) is 0 Å². The third kappa shape index (κ3) is 2.72. The molecule has 1 N–H and O–H groups in total. The monoisotopic (exact) mass is 364 g/mol. The van der Waals surface area contributed by atoms with E-state index in [1.807, 2.05) is 0 Å². The minimum absolute atomic E-state index is 0.0244. The smallest absolute Gasteiger partial charge is 0.229 e. The van der Waals surface area contributed by atoms with Crippen LogP contribution in [0.5, 0.6) is 11.5 Å². The van der Waals surface area contributed by atoms with Crippen LogP contribution in [0.15, 0.2) is 64.5 Å². The van der Waals surface area contributed by atoms with Crippen molar-refractivity contribution in [3.8, 4) is 17.2 Å². The fourth-order valence-electron chi connectivity index (χ4n) is 2.16. The van der Waals surface area contributed by atoms with Crippen molar-refractivity contribution in [1.29, 1.82) is 0 Å². The lowest BCUT2D eigenvalue weighted by atomic mass is 10.3. The van der Waals surface area contributed by atoms with Gasteiger partial charge >= 0.3 is 0 Å². The minimum atomic E-state index is -3.98. The Morgan fingerprint density at radius 3 is 2.29 bits per heavy atom. The Kier molecular flexibility index (Phi) is 4.21. The fraction of sp³-hybridized carbons (Fsp3) is 0.0625. The highest BCUT2D eigenvalue weighted by atomic mass is 35.5. The molecule has 0 saturated carbocycles. The summed E-state index contributed by atoms with van der Waals surface area (Å²) >= 11 is 6.07. The molecule has 0 radical (unpaired) electrons. The molecule has 1 heterocycles. The maximum absolute atomic E-state index is 12.6. The first-order valence-corrected chi connectivity index (χ1v) is 8.73. The number of sulfone groups is 1. The second-order valence-corrected chi connectivity index (χ2v) is 7.09. The Bertz CT molecular complexity index is 967. The van der Waals surface area contributed by atoms with Crippen molar-refractivity contribution in [3.05, 3.63) is 59.8 Å². The summed E-state index contributed by atoms with van der Waals surface area (Å²) in [4.78, 5) is 0.0244. The summed E-state index contributed by atoms with van der Waals surface area (Å²) in [5, 5.41) is 13.5. The van der Waals surface area contributed by atoms with Gasteiger partial charge in [0.2, 0.25) is 14.9 Å². The van der Waals surface area contributed by atoms with Crippen LogP contribution in [0.3, 0.4) is 0 Å². The molecule has 24 heavy (non-hydrogen) atoms. The minimum Gasteiger partial charge on any atom is -0.503 e. The van der Waals surface area contributed by atoms with Gasteiger partial charge < -0.3 is 9.84 Å². The Morgan fingerprint density at radius 1 is 1.08 bits per heavy atom. The van der Waals surface area contributed by atoms with Crippen molar-refractivity contribution >= 4 is 21.4 Å². The van der Waals surface area contributed by atoms with E-state index in [0.29, 0.717) is 11.4 Å². The van der Waals surface area contributed by atoms with Crippen LogP contribution in [0.25, 0.3) is 5.69 Å². The SMILES string of the molecule is COc1ccc(-n2nc(S(=O)(=O)c3ccccc3)c(O)c2Cl)cc1. The van der Waals surface area contributed by atoms with Gasteiger partial charge in [0.15, 0.2) is 10.9 Å². The number of ether oxygens (including phenoxy) is 1. The van der Waals surface area contributed by atoms with E-state index in [1.54, 1.807) is 42.5 Å². The summed E-state index contributed by atoms with van der Waals surface area (Å²) in [6, 6.07) is 14.4. The van der Waals surface area contributed by atoms with Crippen molar-refractivity contribution < 1.29 is 18.3 Å². The van der Waals surface area contributed by atoms with E-state index in [9.17, 15) is 13.5 Å². The molecular weight excluding hydrogens is 352 g/mol. The van der Waals surface area contributed by atoms with Crippen LogP contribution in [-0.2, 0) is 9.84 Å². The summed E-state index contributed by atoms with van der Waals surface area (Å²) < 4.78 is 31.5. The third-order valence-corrected chi connectivity index (χ3v) is 5.42. The molecule has 0 unspecified atom stereocenters. The zero-order chi connectivity index (χ0) is 17.3. The van der Waals surface area contributed by atoms with Crippen LogP contribution < -0.4 is 4.74 Å². The summed E-state index contributed by atoms with van der Waals surface area (Å²) in [6.07, 6.45) is 0. The molecule has 3 rings (SSSR count). The van der Waals surface area contributed by atoms with Crippen LogP contribution in [0.2, 0.25) is 5.15 Å². The predicted octanol–water partition coefficient (Wildman–Crippen LogP) is 3.07. The summed E-state index contributed by atoms with van der Waals surface area (Å²) in [7, 11) is -2.45. The van der Waals surface area contributed by atoms with E-state index in [-0.39, 0.29) is 10.0 Å². The lowest BCUT2D eigenvalue weighted by Gasteiger charge is -2.04. The van der Waals surface area contributed by atoms with E-state index in [0.717, 1.165) is 4.68 Å². The van der Waals surface area contributed by atoms with Gasteiger partial charge in [0.05, 0.1) is 17.7 Å². The first kappa shape index (κ1) is 16.4. The predicted molar refractivity (Wildman–Crippen MR) is 88.7 cm³/mol. The highest BCUT2D eigenvalue weighted by molar-refractivity contribution is 7.91. The molecule has 0 bridgehead atoms. The number of hydrogen-bond acceptors (Lipinski definition) is 5. The summed E-state index contributed by atoms with van der Waals surface area (Å²) in [5.41, 5.74) is 0.491. The molecule has 0 fully saturated rings. The van der Waals surface area contributed by atoms with Gasteiger partial charge in [-0.15, -0.1) is 0 Å². The second-order valence-electron chi connectivity index (χ2n) is 4.87. The van der Waals surface area contributed by atoms with Gasteiger partial charge in [-0.3, -0.25) is 0 Å². The Hall–Kier alpha value is -2.51. The Balaban J connectivity index is 2.12. The molecule has 2 aromatic carbocycles. The number of benzene rings is 2. The van der Waals surface area contributed by atoms with E-state index in [1.165, 1.54) is 19.2 Å². The topological polar surface area (TPSA) is 81.4 Å². The molecule has 0 aliphatic heterocycles. The molecule has 0 amide bonds. The fourth-order valence-corrected chi connectivity index (χ4v) is 3.72. The molecular formula is C16H13ClN2O4S. The van der Waals surface area contributed by atoms with E-state index < -0.39 is 20.6 Å². The number of halogens is 1. The van der Waals surface area contributed by atoms with Gasteiger partial charge in [0.25, 0.3) is 0 Å². The van der Waals surface area contributed by atoms with Gasteiger partial charge in [-0.1, -0.05) is 29.8 Å². The molecule has 0 aliphatic carbocycles. The summed E-state index contributed by atoms with van der Waals surface area (Å²) in [5.74, 6) is 0.0414. The maximum Gasteiger partial charge on any atom is 0.229 e. The van der Waals surface area contributed by atoms with Gasteiger partial charge in [-0.2, -0.15) is 5.10 Å². The molecule has 0 spiro atoms. The van der Waals surface area contributed by atoms with Gasteiger partial charge in [0.1, 0.15) is 5.75 Å². The average molecular weight is 365 g/mol.